The Morgan fingerprint density at radius 2 is 1.30 bits per heavy atom. The van der Waals surface area contributed by atoms with Gasteiger partial charge >= 0.3 is 12.4 Å². The fraction of sp³-hybridized carbons (Fsp3) is 0.267. The minimum Gasteiger partial charge on any atom is -0.361 e. The molecule has 0 atom stereocenters. The lowest BCUT2D eigenvalue weighted by Gasteiger charge is -2.12. The number of halogens is 7. The summed E-state index contributed by atoms with van der Waals surface area (Å²) in [5.74, 6) is 0.561. The highest BCUT2D eigenvalue weighted by molar-refractivity contribution is 6.29. The van der Waals surface area contributed by atoms with Gasteiger partial charge in [0.05, 0.1) is 5.56 Å². The molecule has 238 valence electrons. The zero-order valence-electron chi connectivity index (χ0n) is 23.8. The number of alkyl halides is 6. The average Bonchev–Trinajstić information content (AvgIpc) is 3.99. The van der Waals surface area contributed by atoms with E-state index in [0.717, 1.165) is 44.4 Å². The summed E-state index contributed by atoms with van der Waals surface area (Å²) in [6.45, 7) is 7.07. The first-order chi connectivity index (χ1) is 22.4. The van der Waals surface area contributed by atoms with E-state index in [9.17, 15) is 26.3 Å². The van der Waals surface area contributed by atoms with Crippen LogP contribution in [0.1, 0.15) is 49.2 Å². The van der Waals surface area contributed by atoms with Crippen molar-refractivity contribution in [2.45, 2.75) is 50.1 Å². The van der Waals surface area contributed by atoms with Crippen LogP contribution in [0.2, 0.25) is 5.15 Å². The number of rotatable bonds is 4. The number of imidazole rings is 2. The van der Waals surface area contributed by atoms with Gasteiger partial charge in [-0.15, -0.1) is 0 Å². The second kappa shape index (κ2) is 11.3. The van der Waals surface area contributed by atoms with E-state index >= 15 is 0 Å². The molecule has 8 rings (SSSR count). The Morgan fingerprint density at radius 3 is 1.89 bits per heavy atom. The van der Waals surface area contributed by atoms with Gasteiger partial charge < -0.3 is 9.41 Å². The first kappa shape index (κ1) is 30.5. The fourth-order valence-corrected chi connectivity index (χ4v) is 5.39. The number of hydrogen-bond donors (Lipinski definition) is 0. The van der Waals surface area contributed by atoms with Crippen molar-refractivity contribution in [3.8, 4) is 22.8 Å². The SMILES string of the molecule is FC(F)(F)c1ncncc1-c1nc2ccc(Cl)nc2n1C1CC1.[C-]#[N+]c1ccc2nc(-c3cccnc3C(F)(F)F)n(C3CC3)c2n1. The van der Waals surface area contributed by atoms with Crippen LogP contribution in [0.5, 0.6) is 0 Å². The van der Waals surface area contributed by atoms with Crippen LogP contribution in [0.4, 0.5) is 32.2 Å². The summed E-state index contributed by atoms with van der Waals surface area (Å²) in [7, 11) is 0. The predicted octanol–water partition coefficient (Wildman–Crippen LogP) is 8.29. The van der Waals surface area contributed by atoms with Gasteiger partial charge in [-0.1, -0.05) is 23.2 Å². The number of hydrogen-bond acceptors (Lipinski definition) is 7. The highest BCUT2D eigenvalue weighted by Gasteiger charge is 2.40. The van der Waals surface area contributed by atoms with Crippen molar-refractivity contribution < 1.29 is 26.3 Å². The van der Waals surface area contributed by atoms with E-state index in [0.29, 0.717) is 22.3 Å². The molecule has 0 aromatic carbocycles. The van der Waals surface area contributed by atoms with E-state index in [2.05, 4.69) is 39.7 Å². The molecule has 6 aromatic rings. The van der Waals surface area contributed by atoms with E-state index in [-0.39, 0.29) is 45.8 Å². The maximum Gasteiger partial charge on any atom is 0.434 e. The number of fused-ring (bicyclic) bond motifs is 2. The smallest absolute Gasteiger partial charge is 0.361 e. The molecule has 0 N–H and O–H groups in total. The molecule has 0 radical (unpaired) electrons. The van der Waals surface area contributed by atoms with Crippen molar-refractivity contribution in [2.75, 3.05) is 0 Å². The first-order valence-corrected chi connectivity index (χ1v) is 14.5. The molecule has 2 saturated carbocycles. The first-order valence-electron chi connectivity index (χ1n) is 14.1. The average molecular weight is 669 g/mol. The van der Waals surface area contributed by atoms with Crippen LogP contribution in [0.3, 0.4) is 0 Å². The van der Waals surface area contributed by atoms with Crippen LogP contribution in [0.25, 0.3) is 49.9 Å². The summed E-state index contributed by atoms with van der Waals surface area (Å²) in [6.07, 6.45) is -2.60. The molecule has 17 heteroatoms. The lowest BCUT2D eigenvalue weighted by atomic mass is 10.1. The quantitative estimate of drug-likeness (QED) is 0.106. The summed E-state index contributed by atoms with van der Waals surface area (Å²) < 4.78 is 83.0. The highest BCUT2D eigenvalue weighted by Crippen LogP contribution is 2.44. The van der Waals surface area contributed by atoms with Crippen LogP contribution in [0.15, 0.2) is 55.1 Å². The van der Waals surface area contributed by atoms with Gasteiger partial charge in [-0.25, -0.2) is 24.9 Å². The maximum atomic E-state index is 13.3. The highest BCUT2D eigenvalue weighted by atomic mass is 35.5. The molecule has 2 aliphatic carbocycles. The van der Waals surface area contributed by atoms with Crippen LogP contribution in [0, 0.1) is 6.57 Å². The minimum atomic E-state index is -4.59. The zero-order chi connectivity index (χ0) is 33.1. The third kappa shape index (κ3) is 5.82. The molecule has 2 fully saturated rings. The van der Waals surface area contributed by atoms with Crippen molar-refractivity contribution in [3.63, 3.8) is 0 Å². The Bertz CT molecular complexity index is 2190. The predicted molar refractivity (Wildman–Crippen MR) is 157 cm³/mol. The number of pyridine rings is 3. The third-order valence-electron chi connectivity index (χ3n) is 7.50. The normalized spacial score (nSPS) is 15.0. The lowest BCUT2D eigenvalue weighted by molar-refractivity contribution is -0.141. The molecule has 0 bridgehead atoms. The summed E-state index contributed by atoms with van der Waals surface area (Å²) in [6, 6.07) is 9.28. The largest absolute Gasteiger partial charge is 0.434 e. The van der Waals surface area contributed by atoms with Crippen molar-refractivity contribution in [1.82, 2.24) is 44.0 Å². The molecule has 10 nitrogen and oxygen atoms in total. The Hall–Kier alpha value is -5.17. The molecule has 0 amide bonds. The molecule has 0 aliphatic heterocycles. The third-order valence-corrected chi connectivity index (χ3v) is 7.71. The van der Waals surface area contributed by atoms with Gasteiger partial charge in [0, 0.05) is 30.0 Å². The van der Waals surface area contributed by atoms with E-state index < -0.39 is 23.7 Å². The Kier molecular flexibility index (Phi) is 7.31. The molecule has 0 unspecified atom stereocenters. The summed E-state index contributed by atoms with van der Waals surface area (Å²) in [5.41, 5.74) is -0.303. The van der Waals surface area contributed by atoms with Gasteiger partial charge in [-0.2, -0.15) is 26.3 Å². The summed E-state index contributed by atoms with van der Waals surface area (Å²) >= 11 is 5.92. The monoisotopic (exact) mass is 668 g/mol. The molecule has 0 saturated heterocycles. The van der Waals surface area contributed by atoms with Gasteiger partial charge in [-0.3, -0.25) is 9.55 Å². The van der Waals surface area contributed by atoms with Crippen LogP contribution >= 0.6 is 11.6 Å². The number of nitrogens with zero attached hydrogens (tertiary/aromatic N) is 10. The minimum absolute atomic E-state index is 0.0553. The molecule has 2 aliphatic rings. The van der Waals surface area contributed by atoms with Crippen molar-refractivity contribution in [3.05, 3.63) is 83.1 Å². The van der Waals surface area contributed by atoms with Crippen molar-refractivity contribution >= 4 is 39.7 Å². The summed E-state index contributed by atoms with van der Waals surface area (Å²) in [5, 5.41) is 0.270. The second-order valence-electron chi connectivity index (χ2n) is 10.9. The molecular weight excluding hydrogens is 650 g/mol. The molecule has 6 aromatic heterocycles. The Labute approximate surface area is 266 Å². The standard InChI is InChI=1S/C16H10F3N5.C14H9ClF3N5/c1-20-12-7-6-11-15(23-12)24(9-4-5-9)14(22-11)10-3-2-8-21-13(10)16(17,18)19;15-10-4-3-9-13(22-10)23(7-1-2-7)12(21-9)8-5-19-6-20-11(8)14(16,17)18/h2-3,6-9H,4-5H2;3-7H,1-2H2. The Morgan fingerprint density at radius 1 is 0.723 bits per heavy atom. The lowest BCUT2D eigenvalue weighted by Crippen LogP contribution is -2.12. The van der Waals surface area contributed by atoms with Crippen LogP contribution < -0.4 is 0 Å². The second-order valence-corrected chi connectivity index (χ2v) is 11.2. The van der Waals surface area contributed by atoms with Gasteiger partial charge in [0.1, 0.15) is 34.2 Å². The topological polar surface area (TPSA) is 104 Å². The zero-order valence-corrected chi connectivity index (χ0v) is 24.6. The van der Waals surface area contributed by atoms with Gasteiger partial charge in [0.25, 0.3) is 11.5 Å². The van der Waals surface area contributed by atoms with E-state index in [1.54, 1.807) is 27.3 Å². The molecular formula is C30H19ClF6N10. The van der Waals surface area contributed by atoms with Crippen molar-refractivity contribution in [1.29, 1.82) is 0 Å². The molecule has 47 heavy (non-hydrogen) atoms. The van der Waals surface area contributed by atoms with Crippen LogP contribution in [-0.4, -0.2) is 44.0 Å². The van der Waals surface area contributed by atoms with Crippen molar-refractivity contribution in [2.24, 2.45) is 0 Å². The van der Waals surface area contributed by atoms with Crippen LogP contribution in [-0.2, 0) is 12.4 Å². The molecule has 0 spiro atoms. The maximum absolute atomic E-state index is 13.3. The van der Waals surface area contributed by atoms with Gasteiger partial charge in [0.2, 0.25) is 0 Å². The van der Waals surface area contributed by atoms with Gasteiger partial charge in [-0.05, 0) is 62.1 Å². The van der Waals surface area contributed by atoms with Gasteiger partial charge in [0.15, 0.2) is 17.0 Å². The Balaban J connectivity index is 0.000000150. The summed E-state index contributed by atoms with van der Waals surface area (Å²) in [4.78, 5) is 31.1. The van der Waals surface area contributed by atoms with E-state index in [1.165, 1.54) is 18.2 Å². The molecule has 6 heterocycles. The fourth-order valence-electron chi connectivity index (χ4n) is 5.24. The number of aromatic nitrogens is 9. The van der Waals surface area contributed by atoms with E-state index in [4.69, 9.17) is 18.2 Å². The van der Waals surface area contributed by atoms with E-state index in [1.807, 2.05) is 0 Å².